The van der Waals surface area contributed by atoms with Crippen molar-refractivity contribution in [2.24, 2.45) is 0 Å². The summed E-state index contributed by atoms with van der Waals surface area (Å²) in [7, 11) is 0. The number of hydrogen-bond acceptors (Lipinski definition) is 3. The van der Waals surface area contributed by atoms with E-state index in [-0.39, 0.29) is 5.56 Å². The Bertz CT molecular complexity index is 536. The summed E-state index contributed by atoms with van der Waals surface area (Å²) in [5, 5.41) is 10.8. The van der Waals surface area contributed by atoms with E-state index in [0.717, 1.165) is 11.4 Å². The van der Waals surface area contributed by atoms with Gasteiger partial charge in [0.1, 0.15) is 0 Å². The second kappa shape index (κ2) is 3.34. The molecule has 2 aromatic heterocycles. The zero-order chi connectivity index (χ0) is 11.0. The second-order valence-corrected chi connectivity index (χ2v) is 3.54. The molecule has 5 nitrogen and oxygen atoms in total. The Labute approximate surface area is 86.8 Å². The highest BCUT2D eigenvalue weighted by atomic mass is 16.1. The van der Waals surface area contributed by atoms with Crippen LogP contribution in [0.2, 0.25) is 0 Å². The van der Waals surface area contributed by atoms with Gasteiger partial charge in [-0.05, 0) is 32.9 Å². The second-order valence-electron chi connectivity index (χ2n) is 3.54. The summed E-state index contributed by atoms with van der Waals surface area (Å²) in [6.45, 7) is 5.49. The lowest BCUT2D eigenvalue weighted by atomic mass is 10.3. The fraction of sp³-hybridized carbons (Fsp3) is 0.300. The van der Waals surface area contributed by atoms with Crippen LogP contribution in [-0.4, -0.2) is 20.0 Å². The minimum Gasteiger partial charge on any atom is -0.294 e. The van der Waals surface area contributed by atoms with E-state index >= 15 is 0 Å². The molecule has 0 aliphatic heterocycles. The molecule has 0 unspecified atom stereocenters. The van der Waals surface area contributed by atoms with Crippen LogP contribution in [0.4, 0.5) is 0 Å². The van der Waals surface area contributed by atoms with Crippen molar-refractivity contribution in [2.75, 3.05) is 0 Å². The van der Waals surface area contributed by atoms with E-state index in [0.29, 0.717) is 11.4 Å². The Hall–Kier alpha value is -1.91. The number of aryl methyl sites for hydroxylation is 2. The molecule has 0 aromatic carbocycles. The summed E-state index contributed by atoms with van der Waals surface area (Å²) in [4.78, 5) is 11.7. The van der Waals surface area contributed by atoms with Crippen LogP contribution in [0.3, 0.4) is 0 Å². The Morgan fingerprint density at radius 3 is 2.40 bits per heavy atom. The van der Waals surface area contributed by atoms with Crippen LogP contribution < -0.4 is 5.56 Å². The summed E-state index contributed by atoms with van der Waals surface area (Å²) < 4.78 is 1.40. The maximum Gasteiger partial charge on any atom is 0.275 e. The van der Waals surface area contributed by atoms with E-state index < -0.39 is 0 Å². The van der Waals surface area contributed by atoms with E-state index in [2.05, 4.69) is 15.3 Å². The summed E-state index contributed by atoms with van der Waals surface area (Å²) in [6, 6.07) is 3.58. The molecule has 78 valence electrons. The van der Waals surface area contributed by atoms with Gasteiger partial charge in [-0.25, -0.2) is 0 Å². The largest absolute Gasteiger partial charge is 0.294 e. The molecular formula is C10H12N4O. The van der Waals surface area contributed by atoms with E-state index in [4.69, 9.17) is 0 Å². The van der Waals surface area contributed by atoms with Crippen LogP contribution in [-0.2, 0) is 0 Å². The number of aromatic nitrogens is 4. The van der Waals surface area contributed by atoms with Crippen LogP contribution in [0.5, 0.6) is 0 Å². The van der Waals surface area contributed by atoms with Gasteiger partial charge in [-0.2, -0.15) is 9.78 Å². The maximum atomic E-state index is 11.7. The molecule has 0 bridgehead atoms. The van der Waals surface area contributed by atoms with Crippen molar-refractivity contribution in [3.05, 3.63) is 39.4 Å². The highest BCUT2D eigenvalue weighted by Crippen LogP contribution is 2.02. The molecule has 0 spiro atoms. The van der Waals surface area contributed by atoms with Crippen molar-refractivity contribution in [3.8, 4) is 5.82 Å². The number of rotatable bonds is 1. The predicted octanol–water partition coefficient (Wildman–Crippen LogP) is 0.881. The third kappa shape index (κ3) is 1.56. The van der Waals surface area contributed by atoms with Crippen LogP contribution in [0.25, 0.3) is 5.82 Å². The highest BCUT2D eigenvalue weighted by Gasteiger charge is 2.08. The molecule has 5 heteroatoms. The number of H-pyrrole nitrogens is 1. The van der Waals surface area contributed by atoms with Crippen LogP contribution in [0.1, 0.15) is 17.0 Å². The van der Waals surface area contributed by atoms with E-state index in [1.807, 2.05) is 19.9 Å². The molecule has 2 aromatic rings. The van der Waals surface area contributed by atoms with Gasteiger partial charge in [-0.3, -0.25) is 9.89 Å². The molecule has 0 aliphatic rings. The van der Waals surface area contributed by atoms with Crippen molar-refractivity contribution < 1.29 is 0 Å². The molecular weight excluding hydrogens is 192 g/mol. The van der Waals surface area contributed by atoms with Gasteiger partial charge < -0.3 is 0 Å². The first-order valence-electron chi connectivity index (χ1n) is 4.68. The monoisotopic (exact) mass is 204 g/mol. The predicted molar refractivity (Wildman–Crippen MR) is 56.2 cm³/mol. The smallest absolute Gasteiger partial charge is 0.275 e. The summed E-state index contributed by atoms with van der Waals surface area (Å²) in [5.74, 6) is 0.516. The fourth-order valence-electron chi connectivity index (χ4n) is 1.30. The topological polar surface area (TPSA) is 63.6 Å². The number of nitrogens with zero attached hydrogens (tertiary/aromatic N) is 3. The molecule has 0 saturated heterocycles. The Kier molecular flexibility index (Phi) is 2.15. The Morgan fingerprint density at radius 1 is 1.20 bits per heavy atom. The molecule has 0 amide bonds. The van der Waals surface area contributed by atoms with E-state index in [1.165, 1.54) is 4.68 Å². The summed E-state index contributed by atoms with van der Waals surface area (Å²) >= 11 is 0. The van der Waals surface area contributed by atoms with Gasteiger partial charge in [0.25, 0.3) is 5.56 Å². The number of hydrogen-bond donors (Lipinski definition) is 1. The van der Waals surface area contributed by atoms with Crippen LogP contribution >= 0.6 is 0 Å². The number of nitrogens with one attached hydrogen (secondary N) is 1. The molecule has 2 heterocycles. The molecule has 0 aliphatic carbocycles. The minimum absolute atomic E-state index is 0.0781. The average Bonchev–Trinajstić information content (AvgIpc) is 2.47. The minimum atomic E-state index is -0.0781. The first-order chi connectivity index (χ1) is 7.09. The van der Waals surface area contributed by atoms with Gasteiger partial charge in [0.05, 0.1) is 5.69 Å². The lowest BCUT2D eigenvalue weighted by molar-refractivity contribution is 0.776. The molecule has 15 heavy (non-hydrogen) atoms. The fourth-order valence-corrected chi connectivity index (χ4v) is 1.30. The summed E-state index contributed by atoms with van der Waals surface area (Å²) in [5.41, 5.74) is 2.30. The lowest BCUT2D eigenvalue weighted by Gasteiger charge is -1.98. The van der Waals surface area contributed by atoms with Gasteiger partial charge in [-0.15, -0.1) is 5.10 Å². The molecule has 2 rings (SSSR count). The third-order valence-electron chi connectivity index (χ3n) is 2.38. The van der Waals surface area contributed by atoms with Crippen molar-refractivity contribution >= 4 is 0 Å². The first kappa shape index (κ1) is 9.64. The van der Waals surface area contributed by atoms with Crippen molar-refractivity contribution in [2.45, 2.75) is 20.8 Å². The standard InChI is InChI=1S/C10H12N4O/c1-6-4-5-9(12-11-6)14-10(15)7(2)8(3)13-14/h4-5,13H,1-3H3. The zero-order valence-electron chi connectivity index (χ0n) is 8.90. The Morgan fingerprint density at radius 2 is 1.93 bits per heavy atom. The van der Waals surface area contributed by atoms with Crippen molar-refractivity contribution in [1.82, 2.24) is 20.0 Å². The van der Waals surface area contributed by atoms with E-state index in [9.17, 15) is 4.79 Å². The quantitative estimate of drug-likeness (QED) is 0.750. The molecule has 1 N–H and O–H groups in total. The van der Waals surface area contributed by atoms with Crippen molar-refractivity contribution in [1.29, 1.82) is 0 Å². The van der Waals surface area contributed by atoms with Gasteiger partial charge in [0.15, 0.2) is 5.82 Å². The number of aromatic amines is 1. The van der Waals surface area contributed by atoms with Gasteiger partial charge in [-0.1, -0.05) is 0 Å². The molecule has 0 saturated carbocycles. The SMILES string of the molecule is Cc1ccc(-n2[nH]c(C)c(C)c2=O)nn1. The molecule has 0 fully saturated rings. The molecule has 0 atom stereocenters. The Balaban J connectivity index is 2.59. The zero-order valence-corrected chi connectivity index (χ0v) is 8.90. The molecule has 0 radical (unpaired) electrons. The highest BCUT2D eigenvalue weighted by molar-refractivity contribution is 5.24. The summed E-state index contributed by atoms with van der Waals surface area (Å²) in [6.07, 6.45) is 0. The van der Waals surface area contributed by atoms with Crippen molar-refractivity contribution in [3.63, 3.8) is 0 Å². The van der Waals surface area contributed by atoms with Gasteiger partial charge in [0.2, 0.25) is 0 Å². The lowest BCUT2D eigenvalue weighted by Crippen LogP contribution is -2.17. The van der Waals surface area contributed by atoms with E-state index in [1.54, 1.807) is 13.0 Å². The van der Waals surface area contributed by atoms with Crippen LogP contribution in [0, 0.1) is 20.8 Å². The normalized spacial score (nSPS) is 10.6. The van der Waals surface area contributed by atoms with Gasteiger partial charge in [0, 0.05) is 11.3 Å². The van der Waals surface area contributed by atoms with Gasteiger partial charge >= 0.3 is 0 Å². The maximum absolute atomic E-state index is 11.7. The van der Waals surface area contributed by atoms with Crippen LogP contribution in [0.15, 0.2) is 16.9 Å². The average molecular weight is 204 g/mol. The first-order valence-corrected chi connectivity index (χ1v) is 4.68. The third-order valence-corrected chi connectivity index (χ3v) is 2.38.